The third kappa shape index (κ3) is 6.12. The fourth-order valence-electron chi connectivity index (χ4n) is 2.90. The van der Waals surface area contributed by atoms with Crippen molar-refractivity contribution in [2.75, 3.05) is 0 Å². The molecule has 124 valence electrons. The number of alkyl halides is 1. The van der Waals surface area contributed by atoms with Crippen molar-refractivity contribution in [1.82, 2.24) is 0 Å². The Balaban J connectivity index is 2.66. The lowest BCUT2D eigenvalue weighted by molar-refractivity contribution is 0.0864. The Morgan fingerprint density at radius 1 is 1.05 bits per heavy atom. The molecule has 2 heteroatoms. The highest BCUT2D eigenvalue weighted by Gasteiger charge is 2.24. The van der Waals surface area contributed by atoms with Crippen LogP contribution in [0.2, 0.25) is 0 Å². The number of Topliss-reactive ketones (excluding diaryl/α,β-unsaturated/α-hetero) is 1. The summed E-state index contributed by atoms with van der Waals surface area (Å²) >= 11 is 5.82. The summed E-state index contributed by atoms with van der Waals surface area (Å²) in [6.07, 6.45) is 8.37. The molecule has 0 saturated carbocycles. The molecule has 0 saturated heterocycles. The van der Waals surface area contributed by atoms with E-state index in [4.69, 9.17) is 11.6 Å². The number of hydrogen-bond donors (Lipinski definition) is 0. The number of rotatable bonds is 11. The Labute approximate surface area is 141 Å². The molecule has 2 unspecified atom stereocenters. The van der Waals surface area contributed by atoms with Gasteiger partial charge in [0.05, 0.1) is 0 Å². The van der Waals surface area contributed by atoms with E-state index in [-0.39, 0.29) is 5.92 Å². The number of unbranched alkanes of at least 4 members (excludes halogenated alkanes) is 4. The van der Waals surface area contributed by atoms with Gasteiger partial charge < -0.3 is 0 Å². The molecule has 0 N–H and O–H groups in total. The van der Waals surface area contributed by atoms with Crippen molar-refractivity contribution in [3.63, 3.8) is 0 Å². The third-order valence-corrected chi connectivity index (χ3v) is 4.99. The zero-order chi connectivity index (χ0) is 16.4. The summed E-state index contributed by atoms with van der Waals surface area (Å²) in [4.78, 5) is 12.8. The predicted molar refractivity (Wildman–Crippen MR) is 96.7 cm³/mol. The highest BCUT2D eigenvalue weighted by Crippen LogP contribution is 2.26. The lowest BCUT2D eigenvalue weighted by atomic mass is 9.81. The maximum absolute atomic E-state index is 12.8. The van der Waals surface area contributed by atoms with E-state index in [1.165, 1.54) is 32.1 Å². The molecule has 0 bridgehead atoms. The molecule has 0 amide bonds. The molecule has 1 nitrogen and oxygen atoms in total. The molecular formula is C20H31ClO. The summed E-state index contributed by atoms with van der Waals surface area (Å²) in [6.45, 7) is 6.62. The predicted octanol–water partition coefficient (Wildman–Crippen LogP) is 6.63. The second-order valence-corrected chi connectivity index (χ2v) is 6.66. The maximum atomic E-state index is 12.8. The molecule has 0 radical (unpaired) electrons. The van der Waals surface area contributed by atoms with E-state index in [2.05, 4.69) is 20.8 Å². The summed E-state index contributed by atoms with van der Waals surface area (Å²) in [5.41, 5.74) is 1.91. The number of hydrogen-bond acceptors (Lipinski definition) is 1. The molecule has 0 fully saturated rings. The second kappa shape index (κ2) is 10.8. The van der Waals surface area contributed by atoms with Crippen LogP contribution in [-0.2, 0) is 5.88 Å². The lowest BCUT2D eigenvalue weighted by Crippen LogP contribution is -2.22. The van der Waals surface area contributed by atoms with Gasteiger partial charge in [-0.1, -0.05) is 83.6 Å². The molecule has 0 aliphatic heterocycles. The van der Waals surface area contributed by atoms with Crippen molar-refractivity contribution in [1.29, 1.82) is 0 Å². The molecule has 0 spiro atoms. The van der Waals surface area contributed by atoms with E-state index < -0.39 is 0 Å². The van der Waals surface area contributed by atoms with Gasteiger partial charge in [-0.05, 0) is 17.9 Å². The Morgan fingerprint density at radius 3 is 2.23 bits per heavy atom. The Hall–Kier alpha value is -0.820. The van der Waals surface area contributed by atoms with Gasteiger partial charge in [0.15, 0.2) is 5.78 Å². The van der Waals surface area contributed by atoms with Crippen molar-refractivity contribution < 1.29 is 4.79 Å². The number of carbonyl (C=O) groups is 1. The zero-order valence-corrected chi connectivity index (χ0v) is 15.2. The minimum absolute atomic E-state index is 0.161. The van der Waals surface area contributed by atoms with Crippen LogP contribution < -0.4 is 0 Å². The van der Waals surface area contributed by atoms with Gasteiger partial charge in [-0.25, -0.2) is 0 Å². The first-order chi connectivity index (χ1) is 10.6. The summed E-state index contributed by atoms with van der Waals surface area (Å²) in [6, 6.07) is 7.81. The molecule has 1 aromatic carbocycles. The summed E-state index contributed by atoms with van der Waals surface area (Å²) in [5, 5.41) is 0. The largest absolute Gasteiger partial charge is 0.294 e. The van der Waals surface area contributed by atoms with Crippen LogP contribution in [0.15, 0.2) is 24.3 Å². The van der Waals surface area contributed by atoms with Crippen molar-refractivity contribution in [3.8, 4) is 0 Å². The van der Waals surface area contributed by atoms with Crippen LogP contribution in [0.4, 0.5) is 0 Å². The van der Waals surface area contributed by atoms with Crippen LogP contribution in [-0.4, -0.2) is 5.78 Å². The van der Waals surface area contributed by atoms with Crippen molar-refractivity contribution in [2.24, 2.45) is 11.8 Å². The van der Waals surface area contributed by atoms with Crippen LogP contribution in [0.25, 0.3) is 0 Å². The molecule has 0 heterocycles. The molecular weight excluding hydrogens is 292 g/mol. The smallest absolute Gasteiger partial charge is 0.166 e. The quantitative estimate of drug-likeness (QED) is 0.254. The fraction of sp³-hybridized carbons (Fsp3) is 0.650. The number of benzene rings is 1. The maximum Gasteiger partial charge on any atom is 0.166 e. The van der Waals surface area contributed by atoms with Gasteiger partial charge in [0.2, 0.25) is 0 Å². The molecule has 0 aliphatic rings. The molecule has 0 aliphatic carbocycles. The van der Waals surface area contributed by atoms with Gasteiger partial charge >= 0.3 is 0 Å². The normalized spacial score (nSPS) is 13.8. The molecule has 2 atom stereocenters. The average molecular weight is 323 g/mol. The van der Waals surface area contributed by atoms with Gasteiger partial charge in [0.1, 0.15) is 0 Å². The van der Waals surface area contributed by atoms with Crippen LogP contribution >= 0.6 is 11.6 Å². The molecule has 22 heavy (non-hydrogen) atoms. The summed E-state index contributed by atoms with van der Waals surface area (Å²) in [7, 11) is 0. The topological polar surface area (TPSA) is 17.1 Å². The highest BCUT2D eigenvalue weighted by atomic mass is 35.5. The van der Waals surface area contributed by atoms with E-state index in [1.54, 1.807) is 0 Å². The zero-order valence-electron chi connectivity index (χ0n) is 14.4. The van der Waals surface area contributed by atoms with E-state index in [0.29, 0.717) is 17.6 Å². The van der Waals surface area contributed by atoms with E-state index in [0.717, 1.165) is 24.0 Å². The van der Waals surface area contributed by atoms with Crippen molar-refractivity contribution in [2.45, 2.75) is 71.6 Å². The molecule has 0 aromatic heterocycles. The Bertz CT molecular complexity index is 424. The summed E-state index contributed by atoms with van der Waals surface area (Å²) < 4.78 is 0. The molecule has 1 rings (SSSR count). The first kappa shape index (κ1) is 19.2. The first-order valence-corrected chi connectivity index (χ1v) is 9.36. The number of ketones is 1. The standard InChI is InChI=1S/C20H31ClO/c1-4-6-7-8-9-10-19(16(3)5-2)20(22)18-13-11-17(15-21)12-14-18/h11-14,16,19H,4-10,15H2,1-3H3. The van der Waals surface area contributed by atoms with Gasteiger partial charge in [-0.15, -0.1) is 11.6 Å². The Kier molecular flexibility index (Phi) is 9.47. The molecule has 1 aromatic rings. The van der Waals surface area contributed by atoms with Crippen molar-refractivity contribution in [3.05, 3.63) is 35.4 Å². The van der Waals surface area contributed by atoms with Crippen molar-refractivity contribution >= 4 is 17.4 Å². The number of carbonyl (C=O) groups excluding carboxylic acids is 1. The third-order valence-electron chi connectivity index (χ3n) is 4.68. The van der Waals surface area contributed by atoms with Crippen LogP contribution in [0.1, 0.15) is 81.6 Å². The van der Waals surface area contributed by atoms with Gasteiger partial charge in [0, 0.05) is 17.4 Å². The number of halogens is 1. The van der Waals surface area contributed by atoms with Crippen LogP contribution in [0.5, 0.6) is 0 Å². The SMILES string of the molecule is CCCCCCCC(C(=O)c1ccc(CCl)cc1)C(C)CC. The van der Waals surface area contributed by atoms with Gasteiger partial charge in [0.25, 0.3) is 0 Å². The van der Waals surface area contributed by atoms with Crippen LogP contribution in [0.3, 0.4) is 0 Å². The minimum atomic E-state index is 0.161. The first-order valence-electron chi connectivity index (χ1n) is 8.83. The fourth-order valence-corrected chi connectivity index (χ4v) is 3.08. The lowest BCUT2D eigenvalue weighted by Gasteiger charge is -2.22. The van der Waals surface area contributed by atoms with Gasteiger partial charge in [-0.3, -0.25) is 4.79 Å². The average Bonchev–Trinajstić information content (AvgIpc) is 2.57. The highest BCUT2D eigenvalue weighted by molar-refractivity contribution is 6.17. The second-order valence-electron chi connectivity index (χ2n) is 6.39. The minimum Gasteiger partial charge on any atom is -0.294 e. The van der Waals surface area contributed by atoms with E-state index in [1.807, 2.05) is 24.3 Å². The van der Waals surface area contributed by atoms with E-state index in [9.17, 15) is 4.79 Å². The monoisotopic (exact) mass is 322 g/mol. The Morgan fingerprint density at radius 2 is 1.68 bits per heavy atom. The summed E-state index contributed by atoms with van der Waals surface area (Å²) in [5.74, 6) is 1.42. The van der Waals surface area contributed by atoms with E-state index >= 15 is 0 Å². The van der Waals surface area contributed by atoms with Gasteiger partial charge in [-0.2, -0.15) is 0 Å². The van der Waals surface area contributed by atoms with Crippen LogP contribution in [0, 0.1) is 11.8 Å².